The third-order valence-corrected chi connectivity index (χ3v) is 5.09. The summed E-state index contributed by atoms with van der Waals surface area (Å²) in [5.74, 6) is 0. The minimum Gasteiger partial charge on any atom is -0.381 e. The van der Waals surface area contributed by atoms with Crippen molar-refractivity contribution in [2.45, 2.75) is 44.8 Å². The first-order valence-electron chi connectivity index (χ1n) is 9.17. The van der Waals surface area contributed by atoms with Gasteiger partial charge in [-0.2, -0.15) is 0 Å². The van der Waals surface area contributed by atoms with Crippen LogP contribution >= 0.6 is 0 Å². The van der Waals surface area contributed by atoms with Crippen LogP contribution in [-0.2, 0) is 11.3 Å². The average molecular weight is 331 g/mol. The Morgan fingerprint density at radius 2 is 2.00 bits per heavy atom. The predicted molar refractivity (Wildman–Crippen MR) is 94.9 cm³/mol. The fourth-order valence-electron chi connectivity index (χ4n) is 3.72. The largest absolute Gasteiger partial charge is 0.381 e. The van der Waals surface area contributed by atoms with E-state index in [0.717, 1.165) is 58.7 Å². The third-order valence-electron chi connectivity index (χ3n) is 5.09. The van der Waals surface area contributed by atoms with E-state index in [1.807, 2.05) is 4.90 Å². The lowest BCUT2D eigenvalue weighted by Crippen LogP contribution is -2.51. The van der Waals surface area contributed by atoms with Crippen molar-refractivity contribution in [1.82, 2.24) is 15.1 Å². The zero-order valence-electron chi connectivity index (χ0n) is 14.6. The second-order valence-corrected chi connectivity index (χ2v) is 6.79. The highest BCUT2D eigenvalue weighted by molar-refractivity contribution is 5.75. The average Bonchev–Trinajstić information content (AvgIpc) is 3.05. The van der Waals surface area contributed by atoms with Crippen molar-refractivity contribution in [3.05, 3.63) is 35.9 Å². The molecular weight excluding hydrogens is 302 g/mol. The molecule has 1 N–H and O–H groups in total. The maximum atomic E-state index is 12.6. The van der Waals surface area contributed by atoms with Crippen LogP contribution in [0.15, 0.2) is 30.3 Å². The van der Waals surface area contributed by atoms with Crippen molar-refractivity contribution in [3.63, 3.8) is 0 Å². The van der Waals surface area contributed by atoms with Gasteiger partial charge in [0.1, 0.15) is 0 Å². The highest BCUT2D eigenvalue weighted by Crippen LogP contribution is 2.19. The molecule has 0 aliphatic carbocycles. The number of rotatable bonds is 5. The van der Waals surface area contributed by atoms with Crippen LogP contribution in [0.1, 0.15) is 31.7 Å². The number of nitrogens with one attached hydrogen (secondary N) is 1. The van der Waals surface area contributed by atoms with Gasteiger partial charge in [-0.15, -0.1) is 0 Å². The summed E-state index contributed by atoms with van der Waals surface area (Å²) < 4.78 is 5.37. The van der Waals surface area contributed by atoms with Crippen LogP contribution in [0.5, 0.6) is 0 Å². The molecule has 2 saturated heterocycles. The number of hydrogen-bond donors (Lipinski definition) is 1. The van der Waals surface area contributed by atoms with Gasteiger partial charge in [-0.1, -0.05) is 30.3 Å². The molecule has 0 unspecified atom stereocenters. The maximum absolute atomic E-state index is 12.6. The van der Waals surface area contributed by atoms with E-state index in [9.17, 15) is 4.79 Å². The molecule has 5 heteroatoms. The number of benzene rings is 1. The smallest absolute Gasteiger partial charge is 0.317 e. The van der Waals surface area contributed by atoms with Crippen LogP contribution in [-0.4, -0.2) is 60.8 Å². The molecule has 3 rings (SSSR count). The Hall–Kier alpha value is -1.59. The van der Waals surface area contributed by atoms with Crippen molar-refractivity contribution < 1.29 is 9.53 Å². The number of carbonyl (C=O) groups excluding carboxylic acids is 1. The van der Waals surface area contributed by atoms with Gasteiger partial charge in [-0.3, -0.25) is 4.90 Å². The maximum Gasteiger partial charge on any atom is 0.317 e. The van der Waals surface area contributed by atoms with Crippen molar-refractivity contribution in [1.29, 1.82) is 0 Å². The molecule has 0 radical (unpaired) electrons. The fraction of sp³-hybridized carbons (Fsp3) is 0.632. The molecule has 2 fully saturated rings. The molecule has 0 bridgehead atoms. The minimum absolute atomic E-state index is 0.0935. The normalized spacial score (nSPS) is 22.5. The van der Waals surface area contributed by atoms with Crippen molar-refractivity contribution in [2.75, 3.05) is 32.8 Å². The first-order chi connectivity index (χ1) is 11.8. The highest BCUT2D eigenvalue weighted by Gasteiger charge is 2.30. The number of hydrogen-bond acceptors (Lipinski definition) is 3. The summed E-state index contributed by atoms with van der Waals surface area (Å²) in [7, 11) is 0. The Balaban J connectivity index is 1.51. The number of ether oxygens (including phenoxy) is 1. The van der Waals surface area contributed by atoms with Gasteiger partial charge in [0.05, 0.1) is 0 Å². The van der Waals surface area contributed by atoms with Gasteiger partial charge < -0.3 is 15.0 Å². The summed E-state index contributed by atoms with van der Waals surface area (Å²) >= 11 is 0. The van der Waals surface area contributed by atoms with Crippen molar-refractivity contribution >= 4 is 6.03 Å². The number of amides is 2. The number of likely N-dealkylation sites (tertiary alicyclic amines) is 1. The summed E-state index contributed by atoms with van der Waals surface area (Å²) in [5.41, 5.74) is 1.34. The lowest BCUT2D eigenvalue weighted by molar-refractivity contribution is 0.0772. The molecule has 2 aliphatic heterocycles. The predicted octanol–water partition coefficient (Wildman–Crippen LogP) is 2.47. The second-order valence-electron chi connectivity index (χ2n) is 6.79. The van der Waals surface area contributed by atoms with Gasteiger partial charge in [-0.25, -0.2) is 4.79 Å². The van der Waals surface area contributed by atoms with Gasteiger partial charge in [-0.05, 0) is 31.7 Å². The van der Waals surface area contributed by atoms with E-state index in [0.29, 0.717) is 6.04 Å². The number of urea groups is 1. The number of carbonyl (C=O) groups is 1. The Morgan fingerprint density at radius 1 is 1.25 bits per heavy atom. The van der Waals surface area contributed by atoms with Gasteiger partial charge in [0.15, 0.2) is 0 Å². The van der Waals surface area contributed by atoms with Gasteiger partial charge in [0.2, 0.25) is 0 Å². The molecule has 2 heterocycles. The SMILES string of the molecule is CCN(C(=O)NC1CCOCC1)[C@@H]1CCN(Cc2ccccc2)C1. The van der Waals surface area contributed by atoms with Crippen LogP contribution in [0.2, 0.25) is 0 Å². The Bertz CT molecular complexity index is 517. The van der Waals surface area contributed by atoms with E-state index in [4.69, 9.17) is 4.74 Å². The monoisotopic (exact) mass is 331 g/mol. The number of nitrogens with zero attached hydrogens (tertiary/aromatic N) is 2. The van der Waals surface area contributed by atoms with Crippen molar-refractivity contribution in [2.24, 2.45) is 0 Å². The van der Waals surface area contributed by atoms with Crippen LogP contribution in [0, 0.1) is 0 Å². The zero-order chi connectivity index (χ0) is 16.8. The molecule has 1 atom stereocenters. The summed E-state index contributed by atoms with van der Waals surface area (Å²) in [5, 5.41) is 3.20. The molecule has 1 aromatic carbocycles. The third kappa shape index (κ3) is 4.48. The Morgan fingerprint density at radius 3 is 2.71 bits per heavy atom. The summed E-state index contributed by atoms with van der Waals surface area (Å²) in [6.07, 6.45) is 2.91. The molecule has 2 amide bonds. The summed E-state index contributed by atoms with van der Waals surface area (Å²) in [4.78, 5) is 17.1. The van der Waals surface area contributed by atoms with E-state index in [-0.39, 0.29) is 12.1 Å². The summed E-state index contributed by atoms with van der Waals surface area (Å²) in [6, 6.07) is 11.2. The lowest BCUT2D eigenvalue weighted by atomic mass is 10.1. The fourth-order valence-corrected chi connectivity index (χ4v) is 3.72. The van der Waals surface area contributed by atoms with Gasteiger partial charge in [0, 0.05) is 51.5 Å². The van der Waals surface area contributed by atoms with Crippen LogP contribution < -0.4 is 5.32 Å². The van der Waals surface area contributed by atoms with Gasteiger partial charge >= 0.3 is 6.03 Å². The van der Waals surface area contributed by atoms with E-state index in [2.05, 4.69) is 47.5 Å². The topological polar surface area (TPSA) is 44.8 Å². The lowest BCUT2D eigenvalue weighted by Gasteiger charge is -2.31. The quantitative estimate of drug-likeness (QED) is 0.901. The standard InChI is InChI=1S/C19H29N3O2/c1-2-22(19(23)20-17-9-12-24-13-10-17)18-8-11-21(15-18)14-16-6-4-3-5-7-16/h3-7,17-18H,2,8-15H2,1H3,(H,20,23)/t18-/m1/s1. The first kappa shape index (κ1) is 17.2. The molecule has 24 heavy (non-hydrogen) atoms. The molecule has 0 aromatic heterocycles. The van der Waals surface area contributed by atoms with Crippen LogP contribution in [0.3, 0.4) is 0 Å². The zero-order valence-corrected chi connectivity index (χ0v) is 14.6. The molecule has 0 saturated carbocycles. The highest BCUT2D eigenvalue weighted by atomic mass is 16.5. The van der Waals surface area contributed by atoms with E-state index in [1.165, 1.54) is 5.56 Å². The molecule has 5 nitrogen and oxygen atoms in total. The van der Waals surface area contributed by atoms with Crippen LogP contribution in [0.25, 0.3) is 0 Å². The molecule has 2 aliphatic rings. The van der Waals surface area contributed by atoms with E-state index < -0.39 is 0 Å². The first-order valence-corrected chi connectivity index (χ1v) is 9.17. The Kier molecular flexibility index (Phi) is 6.10. The number of likely N-dealkylation sites (N-methyl/N-ethyl adjacent to an activating group) is 1. The molecular formula is C19H29N3O2. The molecule has 0 spiro atoms. The summed E-state index contributed by atoms with van der Waals surface area (Å²) in [6.45, 7) is 7.33. The van der Waals surface area contributed by atoms with Crippen LogP contribution in [0.4, 0.5) is 4.79 Å². The van der Waals surface area contributed by atoms with Crippen molar-refractivity contribution in [3.8, 4) is 0 Å². The molecule has 1 aromatic rings. The minimum atomic E-state index is 0.0935. The van der Waals surface area contributed by atoms with Gasteiger partial charge in [0.25, 0.3) is 0 Å². The van der Waals surface area contributed by atoms with E-state index in [1.54, 1.807) is 0 Å². The van der Waals surface area contributed by atoms with E-state index >= 15 is 0 Å². The molecule has 132 valence electrons. The Labute approximate surface area is 145 Å². The second kappa shape index (κ2) is 8.49.